The molecule has 0 saturated heterocycles. The van der Waals surface area contributed by atoms with E-state index in [2.05, 4.69) is 13.0 Å². The van der Waals surface area contributed by atoms with E-state index in [1.54, 1.807) is 25.6 Å². The van der Waals surface area contributed by atoms with E-state index in [-0.39, 0.29) is 19.3 Å². The molecule has 0 heterocycles. The quantitative estimate of drug-likeness (QED) is 0.104. The zero-order valence-corrected chi connectivity index (χ0v) is 25.2. The van der Waals surface area contributed by atoms with Crippen molar-refractivity contribution in [2.75, 3.05) is 5.75 Å². The highest BCUT2D eigenvalue weighted by Gasteiger charge is 2.45. The number of ether oxygens (including phenoxy) is 1. The van der Waals surface area contributed by atoms with Crippen LogP contribution in [0.2, 0.25) is 0 Å². The smallest absolute Gasteiger partial charge is 0.322 e. The summed E-state index contributed by atoms with van der Waals surface area (Å²) >= 11 is 8.46. The van der Waals surface area contributed by atoms with Crippen LogP contribution >= 0.6 is 35.7 Å². The van der Waals surface area contributed by atoms with E-state index in [9.17, 15) is 14.9 Å². The minimum atomic E-state index is -1.07. The fourth-order valence-electron chi connectivity index (χ4n) is 3.81. The SMILES string of the molecule is CCCCCCCCCCCCSC(=S)SC(C)(CC(C)(C#N)CCC(=O)O)C(=O)OC(C)(C)C. The summed E-state index contributed by atoms with van der Waals surface area (Å²) in [6.07, 6.45) is 13.0. The maximum absolute atomic E-state index is 13.2. The van der Waals surface area contributed by atoms with Crippen molar-refractivity contribution >= 4 is 51.2 Å². The maximum atomic E-state index is 13.2. The topological polar surface area (TPSA) is 87.4 Å². The zero-order chi connectivity index (χ0) is 27.0. The van der Waals surface area contributed by atoms with Crippen molar-refractivity contribution < 1.29 is 19.4 Å². The first-order chi connectivity index (χ1) is 16.3. The van der Waals surface area contributed by atoms with Gasteiger partial charge in [-0.15, -0.1) is 11.8 Å². The standard InChI is InChI=1S/C27H47NO4S3/c1-7-8-9-10-11-12-13-14-15-16-19-34-24(33)35-27(6,23(31)32-25(2,3)4)20-26(5,21-28)18-17-22(29)30/h7-20H2,1-6H3,(H,29,30). The van der Waals surface area contributed by atoms with Gasteiger partial charge in [-0.25, -0.2) is 0 Å². The molecule has 0 aromatic heterocycles. The molecule has 35 heavy (non-hydrogen) atoms. The summed E-state index contributed by atoms with van der Waals surface area (Å²) in [5.74, 6) is -0.476. The van der Waals surface area contributed by atoms with Gasteiger partial charge < -0.3 is 9.84 Å². The van der Waals surface area contributed by atoms with E-state index in [1.807, 2.05) is 20.8 Å². The number of nitriles is 1. The summed E-state index contributed by atoms with van der Waals surface area (Å²) in [4.78, 5) is 24.2. The van der Waals surface area contributed by atoms with Crippen molar-refractivity contribution in [1.29, 1.82) is 5.26 Å². The number of carboxylic acids is 1. The molecule has 8 heteroatoms. The Kier molecular flexibility index (Phi) is 17.2. The molecule has 2 atom stereocenters. The number of esters is 1. The van der Waals surface area contributed by atoms with Gasteiger partial charge in [-0.1, -0.05) is 88.7 Å². The number of hydrogen-bond donors (Lipinski definition) is 1. The fourth-order valence-corrected chi connectivity index (χ4v) is 7.04. The maximum Gasteiger partial charge on any atom is 0.322 e. The Balaban J connectivity index is 4.78. The van der Waals surface area contributed by atoms with Crippen LogP contribution < -0.4 is 0 Å². The lowest BCUT2D eigenvalue weighted by atomic mass is 9.78. The second kappa shape index (κ2) is 17.6. The number of thioether (sulfide) groups is 2. The lowest BCUT2D eigenvalue weighted by Gasteiger charge is -2.35. The third kappa shape index (κ3) is 17.3. The molecule has 0 radical (unpaired) electrons. The highest BCUT2D eigenvalue weighted by Crippen LogP contribution is 2.43. The van der Waals surface area contributed by atoms with Crippen LogP contribution in [0.15, 0.2) is 0 Å². The van der Waals surface area contributed by atoms with Crippen molar-refractivity contribution in [1.82, 2.24) is 0 Å². The second-order valence-corrected chi connectivity index (χ2v) is 14.7. The predicted octanol–water partition coefficient (Wildman–Crippen LogP) is 8.54. The van der Waals surface area contributed by atoms with Gasteiger partial charge in [0.15, 0.2) is 0 Å². The van der Waals surface area contributed by atoms with Crippen LogP contribution in [-0.4, -0.2) is 36.7 Å². The molecule has 1 N–H and O–H groups in total. The van der Waals surface area contributed by atoms with Gasteiger partial charge in [0.05, 0.1) is 11.5 Å². The van der Waals surface area contributed by atoms with Crippen LogP contribution in [0, 0.1) is 16.7 Å². The number of hydrogen-bond acceptors (Lipinski definition) is 7. The molecule has 202 valence electrons. The van der Waals surface area contributed by atoms with Crippen molar-refractivity contribution in [2.45, 2.75) is 135 Å². The summed E-state index contributed by atoms with van der Waals surface area (Å²) in [6.45, 7) is 11.1. The van der Waals surface area contributed by atoms with Gasteiger partial charge in [0.1, 0.15) is 13.9 Å². The number of carbonyl (C=O) groups excluding carboxylic acids is 1. The predicted molar refractivity (Wildman–Crippen MR) is 154 cm³/mol. The second-order valence-electron chi connectivity index (χ2n) is 10.9. The molecule has 0 aromatic carbocycles. The summed E-state index contributed by atoms with van der Waals surface area (Å²) in [5.41, 5.74) is -1.65. The number of rotatable bonds is 18. The van der Waals surface area contributed by atoms with E-state index in [1.165, 1.54) is 69.5 Å². The average molecular weight is 546 g/mol. The van der Waals surface area contributed by atoms with Crippen LogP contribution in [0.4, 0.5) is 0 Å². The molecule has 0 spiro atoms. The van der Waals surface area contributed by atoms with E-state index in [0.717, 1.165) is 12.2 Å². The van der Waals surface area contributed by atoms with E-state index < -0.39 is 27.7 Å². The van der Waals surface area contributed by atoms with Gasteiger partial charge in [0.25, 0.3) is 0 Å². The molecule has 0 rings (SSSR count). The Labute approximate surface area is 227 Å². The zero-order valence-electron chi connectivity index (χ0n) is 22.7. The Hall–Kier alpha value is -0.780. The van der Waals surface area contributed by atoms with Crippen LogP contribution in [-0.2, 0) is 14.3 Å². The lowest BCUT2D eigenvalue weighted by Crippen LogP contribution is -2.42. The lowest BCUT2D eigenvalue weighted by molar-refractivity contribution is -0.158. The number of thiocarbonyl (C=S) groups is 1. The molecule has 0 aliphatic rings. The van der Waals surface area contributed by atoms with Crippen molar-refractivity contribution in [3.05, 3.63) is 0 Å². The summed E-state index contributed by atoms with van der Waals surface area (Å²) in [7, 11) is 0. The van der Waals surface area contributed by atoms with Gasteiger partial charge in [-0.05, 0) is 59.6 Å². The normalized spacial score (nSPS) is 15.0. The summed E-state index contributed by atoms with van der Waals surface area (Å²) < 4.78 is 5.27. The van der Waals surface area contributed by atoms with Crippen molar-refractivity contribution in [2.24, 2.45) is 5.41 Å². The number of unbranched alkanes of at least 4 members (excludes halogenated alkanes) is 9. The highest BCUT2D eigenvalue weighted by molar-refractivity contribution is 8.47. The van der Waals surface area contributed by atoms with Crippen molar-refractivity contribution in [3.8, 4) is 6.07 Å². The Bertz CT molecular complexity index is 702. The molecule has 0 saturated carbocycles. The van der Waals surface area contributed by atoms with Gasteiger partial charge >= 0.3 is 11.9 Å². The Morgan fingerprint density at radius 1 is 0.943 bits per heavy atom. The van der Waals surface area contributed by atoms with Crippen LogP contribution in [0.5, 0.6) is 0 Å². The first kappa shape index (κ1) is 34.2. The van der Waals surface area contributed by atoms with Gasteiger partial charge in [-0.3, -0.25) is 9.59 Å². The molecule has 5 nitrogen and oxygen atoms in total. The molecule has 0 bridgehead atoms. The molecule has 0 amide bonds. The van der Waals surface area contributed by atoms with Gasteiger partial charge in [-0.2, -0.15) is 5.26 Å². The van der Waals surface area contributed by atoms with E-state index in [4.69, 9.17) is 22.1 Å². The number of aliphatic carboxylic acids is 1. The monoisotopic (exact) mass is 545 g/mol. The fraction of sp³-hybridized carbons (Fsp3) is 0.852. The summed E-state index contributed by atoms with van der Waals surface area (Å²) in [6, 6.07) is 2.24. The van der Waals surface area contributed by atoms with Gasteiger partial charge in [0, 0.05) is 6.42 Å². The molecular weight excluding hydrogens is 499 g/mol. The van der Waals surface area contributed by atoms with Crippen LogP contribution in [0.25, 0.3) is 0 Å². The molecule has 2 unspecified atom stereocenters. The molecule has 0 fully saturated rings. The minimum Gasteiger partial charge on any atom is -0.481 e. The largest absolute Gasteiger partial charge is 0.481 e. The highest BCUT2D eigenvalue weighted by atomic mass is 32.2. The molecule has 0 aliphatic carbocycles. The molecule has 0 aliphatic heterocycles. The van der Waals surface area contributed by atoms with E-state index >= 15 is 0 Å². The molecule has 0 aromatic rings. The van der Waals surface area contributed by atoms with E-state index in [0.29, 0.717) is 3.53 Å². The first-order valence-corrected chi connectivity index (χ1v) is 15.2. The van der Waals surface area contributed by atoms with Crippen LogP contribution in [0.1, 0.15) is 125 Å². The summed E-state index contributed by atoms with van der Waals surface area (Å²) in [5, 5.41) is 18.9. The van der Waals surface area contributed by atoms with Crippen LogP contribution in [0.3, 0.4) is 0 Å². The number of nitrogens with zero attached hydrogens (tertiary/aromatic N) is 1. The first-order valence-electron chi connectivity index (χ1n) is 13.0. The Morgan fingerprint density at radius 3 is 1.91 bits per heavy atom. The third-order valence-electron chi connectivity index (χ3n) is 5.75. The van der Waals surface area contributed by atoms with Crippen molar-refractivity contribution in [3.63, 3.8) is 0 Å². The number of carboxylic acid groups (broad SMARTS) is 1. The Morgan fingerprint density at radius 2 is 1.46 bits per heavy atom. The minimum absolute atomic E-state index is 0.128. The van der Waals surface area contributed by atoms with Gasteiger partial charge in [0.2, 0.25) is 0 Å². The average Bonchev–Trinajstić information content (AvgIpc) is 2.74. The molecular formula is C27H47NO4S3. The number of carbonyl (C=O) groups is 2. The third-order valence-corrected chi connectivity index (χ3v) is 8.61.